The number of methoxy groups -OCH3 is 1. The van der Waals surface area contributed by atoms with E-state index in [-0.39, 0.29) is 22.9 Å². The summed E-state index contributed by atoms with van der Waals surface area (Å²) in [6.45, 7) is 4.07. The molecule has 0 atom stereocenters. The van der Waals surface area contributed by atoms with E-state index in [9.17, 15) is 13.2 Å². The van der Waals surface area contributed by atoms with Gasteiger partial charge in [-0.1, -0.05) is 17.7 Å². The van der Waals surface area contributed by atoms with Crippen LogP contribution in [0.5, 0.6) is 11.5 Å². The van der Waals surface area contributed by atoms with Crippen LogP contribution in [0.1, 0.15) is 17.3 Å². The molecule has 1 aromatic carbocycles. The lowest BCUT2D eigenvalue weighted by Gasteiger charge is -2.34. The van der Waals surface area contributed by atoms with Crippen molar-refractivity contribution in [2.75, 3.05) is 57.1 Å². The molecule has 0 bridgehead atoms. The van der Waals surface area contributed by atoms with Gasteiger partial charge in [0.15, 0.2) is 11.5 Å². The normalized spacial score (nSPS) is 14.8. The molecule has 32 heavy (non-hydrogen) atoms. The first-order chi connectivity index (χ1) is 15.4. The first-order valence-corrected chi connectivity index (χ1v) is 12.3. The van der Waals surface area contributed by atoms with Gasteiger partial charge in [-0.2, -0.15) is 4.31 Å². The SMILES string of the molecule is CCOc1c(Cl)cc(C(=O)NCCS(=O)(=O)N2CCN(c3ccccn3)CC2)cc1OC. The van der Waals surface area contributed by atoms with Gasteiger partial charge < -0.3 is 19.7 Å². The summed E-state index contributed by atoms with van der Waals surface area (Å²) in [7, 11) is -2.05. The Hall–Kier alpha value is -2.56. The third-order valence-electron chi connectivity index (χ3n) is 5.03. The number of aromatic nitrogens is 1. The number of rotatable bonds is 9. The molecule has 1 aliphatic heterocycles. The van der Waals surface area contributed by atoms with Crippen molar-refractivity contribution in [2.45, 2.75) is 6.92 Å². The van der Waals surface area contributed by atoms with Gasteiger partial charge in [0, 0.05) is 44.5 Å². The number of pyridine rings is 1. The predicted molar refractivity (Wildman–Crippen MR) is 123 cm³/mol. The number of carbonyl (C=O) groups is 1. The molecular weight excluding hydrogens is 456 g/mol. The van der Waals surface area contributed by atoms with E-state index in [4.69, 9.17) is 21.1 Å². The topological polar surface area (TPSA) is 101 Å². The second kappa shape index (κ2) is 10.8. The molecule has 1 aromatic heterocycles. The van der Waals surface area contributed by atoms with Crippen LogP contribution in [0, 0.1) is 0 Å². The quantitative estimate of drug-likeness (QED) is 0.583. The highest BCUT2D eigenvalue weighted by molar-refractivity contribution is 7.89. The molecule has 1 N–H and O–H groups in total. The van der Waals surface area contributed by atoms with Crippen LogP contribution in [0.4, 0.5) is 5.82 Å². The number of benzene rings is 1. The third-order valence-corrected chi connectivity index (χ3v) is 7.18. The predicted octanol–water partition coefficient (Wildman–Crippen LogP) is 2.02. The van der Waals surface area contributed by atoms with E-state index in [0.717, 1.165) is 5.82 Å². The number of nitrogens with one attached hydrogen (secondary N) is 1. The fraction of sp³-hybridized carbons (Fsp3) is 0.429. The lowest BCUT2D eigenvalue weighted by molar-refractivity contribution is 0.0955. The van der Waals surface area contributed by atoms with Crippen LogP contribution in [0.15, 0.2) is 36.5 Å². The monoisotopic (exact) mass is 482 g/mol. The Bertz CT molecular complexity index is 1030. The highest BCUT2D eigenvalue weighted by atomic mass is 35.5. The molecule has 1 aliphatic rings. The molecule has 174 valence electrons. The number of hydrogen-bond acceptors (Lipinski definition) is 7. The van der Waals surface area contributed by atoms with Crippen molar-refractivity contribution in [3.05, 3.63) is 47.1 Å². The largest absolute Gasteiger partial charge is 0.493 e. The van der Waals surface area contributed by atoms with Crippen molar-refractivity contribution in [2.24, 2.45) is 0 Å². The number of piperazine rings is 1. The summed E-state index contributed by atoms with van der Waals surface area (Å²) >= 11 is 6.20. The maximum Gasteiger partial charge on any atom is 0.251 e. The summed E-state index contributed by atoms with van der Waals surface area (Å²) in [4.78, 5) is 18.9. The smallest absolute Gasteiger partial charge is 0.251 e. The molecule has 2 aromatic rings. The van der Waals surface area contributed by atoms with Gasteiger partial charge in [-0.3, -0.25) is 4.79 Å². The van der Waals surface area contributed by atoms with Gasteiger partial charge in [0.1, 0.15) is 5.82 Å². The fourth-order valence-corrected chi connectivity index (χ4v) is 5.00. The van der Waals surface area contributed by atoms with Crippen LogP contribution in [0.25, 0.3) is 0 Å². The van der Waals surface area contributed by atoms with Gasteiger partial charge in [-0.05, 0) is 31.2 Å². The first kappa shape index (κ1) is 24.1. The minimum atomic E-state index is -3.50. The van der Waals surface area contributed by atoms with Gasteiger partial charge in [0.05, 0.1) is 24.5 Å². The summed E-state index contributed by atoms with van der Waals surface area (Å²) in [5.74, 6) is 0.901. The van der Waals surface area contributed by atoms with Crippen molar-refractivity contribution >= 4 is 33.3 Å². The van der Waals surface area contributed by atoms with E-state index in [2.05, 4.69) is 15.2 Å². The molecule has 0 radical (unpaired) electrons. The minimum Gasteiger partial charge on any atom is -0.493 e. The maximum atomic E-state index is 12.7. The van der Waals surface area contributed by atoms with E-state index >= 15 is 0 Å². The van der Waals surface area contributed by atoms with Gasteiger partial charge in [0.25, 0.3) is 5.91 Å². The Morgan fingerprint density at radius 3 is 2.59 bits per heavy atom. The van der Waals surface area contributed by atoms with Crippen molar-refractivity contribution in [3.8, 4) is 11.5 Å². The lowest BCUT2D eigenvalue weighted by atomic mass is 10.2. The van der Waals surface area contributed by atoms with Crippen molar-refractivity contribution in [1.82, 2.24) is 14.6 Å². The van der Waals surface area contributed by atoms with Gasteiger partial charge in [0.2, 0.25) is 10.0 Å². The lowest BCUT2D eigenvalue weighted by Crippen LogP contribution is -2.50. The van der Waals surface area contributed by atoms with Crippen LogP contribution in [0.2, 0.25) is 5.02 Å². The molecule has 0 saturated carbocycles. The van der Waals surface area contributed by atoms with Crippen LogP contribution in [-0.2, 0) is 10.0 Å². The van der Waals surface area contributed by atoms with Crippen LogP contribution < -0.4 is 19.7 Å². The molecule has 0 spiro atoms. The Balaban J connectivity index is 1.53. The summed E-state index contributed by atoms with van der Waals surface area (Å²) in [5.41, 5.74) is 0.261. The zero-order chi connectivity index (χ0) is 23.1. The van der Waals surface area contributed by atoms with E-state index in [1.54, 1.807) is 6.20 Å². The van der Waals surface area contributed by atoms with E-state index < -0.39 is 15.9 Å². The molecule has 3 rings (SSSR count). The van der Waals surface area contributed by atoms with Crippen LogP contribution >= 0.6 is 11.6 Å². The Morgan fingerprint density at radius 2 is 1.97 bits per heavy atom. The minimum absolute atomic E-state index is 0.0191. The average molecular weight is 483 g/mol. The van der Waals surface area contributed by atoms with Gasteiger partial charge in [-0.25, -0.2) is 13.4 Å². The van der Waals surface area contributed by atoms with Gasteiger partial charge in [-0.15, -0.1) is 0 Å². The maximum absolute atomic E-state index is 12.7. The van der Waals surface area contributed by atoms with Crippen LogP contribution in [0.3, 0.4) is 0 Å². The zero-order valence-electron chi connectivity index (χ0n) is 18.1. The number of carbonyl (C=O) groups excluding carboxylic acids is 1. The average Bonchev–Trinajstić information content (AvgIpc) is 2.80. The number of amides is 1. The molecule has 9 nitrogen and oxygen atoms in total. The van der Waals surface area contributed by atoms with Crippen molar-refractivity contribution in [3.63, 3.8) is 0 Å². The summed E-state index contributed by atoms with van der Waals surface area (Å²) in [6.07, 6.45) is 1.72. The van der Waals surface area contributed by atoms with E-state index in [1.165, 1.54) is 23.5 Å². The molecule has 1 fully saturated rings. The molecule has 1 saturated heterocycles. The summed E-state index contributed by atoms with van der Waals surface area (Å²) < 4.78 is 37.5. The molecule has 2 heterocycles. The molecule has 11 heteroatoms. The summed E-state index contributed by atoms with van der Waals surface area (Å²) in [5, 5.41) is 2.88. The first-order valence-electron chi connectivity index (χ1n) is 10.3. The highest BCUT2D eigenvalue weighted by Gasteiger charge is 2.27. The Labute approximate surface area is 193 Å². The molecule has 1 amide bonds. The highest BCUT2D eigenvalue weighted by Crippen LogP contribution is 2.36. The molecular formula is C21H27ClN4O5S. The van der Waals surface area contributed by atoms with Crippen LogP contribution in [-0.4, -0.2) is 75.8 Å². The van der Waals surface area contributed by atoms with E-state index in [0.29, 0.717) is 44.3 Å². The number of anilines is 1. The molecule has 0 aliphatic carbocycles. The fourth-order valence-electron chi connectivity index (χ4n) is 3.40. The Kier molecular flexibility index (Phi) is 8.16. The van der Waals surface area contributed by atoms with E-state index in [1.807, 2.05) is 25.1 Å². The summed E-state index contributed by atoms with van der Waals surface area (Å²) in [6, 6.07) is 8.63. The number of nitrogens with zero attached hydrogens (tertiary/aromatic N) is 3. The number of sulfonamides is 1. The molecule has 0 unspecified atom stereocenters. The standard InChI is InChI=1S/C21H27ClN4O5S/c1-3-31-20-17(22)14-16(15-18(20)30-2)21(27)24-8-13-32(28,29)26-11-9-25(10-12-26)19-6-4-5-7-23-19/h4-7,14-15H,3,8-13H2,1-2H3,(H,24,27). The second-order valence-electron chi connectivity index (χ2n) is 7.07. The van der Waals surface area contributed by atoms with Crippen molar-refractivity contribution in [1.29, 1.82) is 0 Å². The number of halogens is 1. The number of hydrogen-bond donors (Lipinski definition) is 1. The number of ether oxygens (including phenoxy) is 2. The van der Waals surface area contributed by atoms with Gasteiger partial charge >= 0.3 is 0 Å². The Morgan fingerprint density at radius 1 is 1.22 bits per heavy atom. The zero-order valence-corrected chi connectivity index (χ0v) is 19.7. The second-order valence-corrected chi connectivity index (χ2v) is 9.56. The third kappa shape index (κ3) is 5.81. The van der Waals surface area contributed by atoms with Crippen molar-refractivity contribution < 1.29 is 22.7 Å².